The molecule has 0 aliphatic carbocycles. The molecule has 0 saturated carbocycles. The van der Waals surface area contributed by atoms with Crippen molar-refractivity contribution in [3.05, 3.63) is 58.4 Å². The number of rotatable bonds is 4. The van der Waals surface area contributed by atoms with Crippen molar-refractivity contribution in [2.45, 2.75) is 19.9 Å². The maximum absolute atomic E-state index is 11.1. The van der Waals surface area contributed by atoms with E-state index in [1.165, 1.54) is 0 Å². The van der Waals surface area contributed by atoms with E-state index in [0.717, 1.165) is 11.3 Å². The largest absolute Gasteiger partial charge is 0.478 e. The summed E-state index contributed by atoms with van der Waals surface area (Å²) in [4.78, 5) is 11.1. The lowest BCUT2D eigenvalue weighted by Crippen LogP contribution is -2.06. The third-order valence-electron chi connectivity index (χ3n) is 2.91. The molecule has 1 N–H and O–H groups in total. The van der Waals surface area contributed by atoms with E-state index in [1.807, 2.05) is 42.0 Å². The zero-order valence-electron chi connectivity index (χ0n) is 10.1. The quantitative estimate of drug-likeness (QED) is 0.918. The summed E-state index contributed by atoms with van der Waals surface area (Å²) in [6.45, 7) is 2.62. The van der Waals surface area contributed by atoms with E-state index in [4.69, 9.17) is 16.7 Å². The van der Waals surface area contributed by atoms with Crippen LogP contribution in [0.5, 0.6) is 0 Å². The molecule has 0 unspecified atom stereocenters. The fourth-order valence-corrected chi connectivity index (χ4v) is 2.15. The van der Waals surface area contributed by atoms with Crippen LogP contribution in [0.1, 0.15) is 28.5 Å². The minimum Gasteiger partial charge on any atom is -0.478 e. The Morgan fingerprint density at radius 2 is 1.94 bits per heavy atom. The van der Waals surface area contributed by atoms with Crippen LogP contribution in [0, 0.1) is 0 Å². The molecule has 1 heterocycles. The molecule has 0 aliphatic heterocycles. The van der Waals surface area contributed by atoms with Gasteiger partial charge in [0.1, 0.15) is 0 Å². The molecule has 3 nitrogen and oxygen atoms in total. The summed E-state index contributed by atoms with van der Waals surface area (Å²) in [5, 5.41) is 9.78. The Morgan fingerprint density at radius 3 is 2.50 bits per heavy atom. The highest BCUT2D eigenvalue weighted by molar-refractivity contribution is 6.30. The Kier molecular flexibility index (Phi) is 3.72. The number of carboxylic acid groups (broad SMARTS) is 1. The Labute approximate surface area is 111 Å². The van der Waals surface area contributed by atoms with Crippen LogP contribution in [0.4, 0.5) is 0 Å². The first-order chi connectivity index (χ1) is 8.61. The molecular weight excluding hydrogens is 250 g/mol. The maximum Gasteiger partial charge on any atom is 0.337 e. The maximum atomic E-state index is 11.1. The lowest BCUT2D eigenvalue weighted by Gasteiger charge is -2.09. The van der Waals surface area contributed by atoms with Gasteiger partial charge in [-0.1, -0.05) is 30.7 Å². The molecule has 94 valence electrons. The lowest BCUT2D eigenvalue weighted by molar-refractivity contribution is 0.0695. The van der Waals surface area contributed by atoms with Gasteiger partial charge in [-0.25, -0.2) is 4.79 Å². The summed E-state index contributed by atoms with van der Waals surface area (Å²) >= 11 is 5.83. The molecule has 1 aromatic heterocycles. The second kappa shape index (κ2) is 5.27. The number of nitrogens with zero attached hydrogens (tertiary/aromatic N) is 1. The summed E-state index contributed by atoms with van der Waals surface area (Å²) in [7, 11) is 0. The standard InChI is InChI=1S/C14H14ClNO2/c1-2-13-12(14(17)18)7-8-16(13)9-10-3-5-11(15)6-4-10/h3-8H,2,9H2,1H3,(H,17,18). The topological polar surface area (TPSA) is 42.2 Å². The molecule has 2 rings (SSSR count). The Hall–Kier alpha value is -1.74. The molecule has 4 heteroatoms. The number of carbonyl (C=O) groups is 1. The van der Waals surface area contributed by atoms with Gasteiger partial charge in [-0.2, -0.15) is 0 Å². The average molecular weight is 264 g/mol. The fraction of sp³-hybridized carbons (Fsp3) is 0.214. The van der Waals surface area contributed by atoms with Crippen LogP contribution in [0.15, 0.2) is 36.5 Å². The van der Waals surface area contributed by atoms with Crippen molar-refractivity contribution in [1.82, 2.24) is 4.57 Å². The number of benzene rings is 1. The molecule has 1 aromatic carbocycles. The molecule has 0 radical (unpaired) electrons. The number of hydrogen-bond acceptors (Lipinski definition) is 1. The third kappa shape index (κ3) is 2.57. The number of halogens is 1. The van der Waals surface area contributed by atoms with Crippen LogP contribution in [0.25, 0.3) is 0 Å². The normalized spacial score (nSPS) is 10.6. The van der Waals surface area contributed by atoms with Gasteiger partial charge in [0, 0.05) is 23.5 Å². The predicted molar refractivity (Wildman–Crippen MR) is 71.3 cm³/mol. The Morgan fingerprint density at radius 1 is 1.28 bits per heavy atom. The highest BCUT2D eigenvalue weighted by atomic mass is 35.5. The first kappa shape index (κ1) is 12.7. The van der Waals surface area contributed by atoms with E-state index < -0.39 is 5.97 Å². The minimum atomic E-state index is -0.873. The Bertz CT molecular complexity index is 558. The minimum absolute atomic E-state index is 0.381. The summed E-state index contributed by atoms with van der Waals surface area (Å²) in [5.74, 6) is -0.873. The molecule has 18 heavy (non-hydrogen) atoms. The molecule has 0 bridgehead atoms. The number of hydrogen-bond donors (Lipinski definition) is 1. The summed E-state index contributed by atoms with van der Waals surface area (Å²) < 4.78 is 1.96. The summed E-state index contributed by atoms with van der Waals surface area (Å²) in [5.41, 5.74) is 2.32. The van der Waals surface area contributed by atoms with Gasteiger partial charge in [0.05, 0.1) is 5.56 Å². The molecular formula is C14H14ClNO2. The highest BCUT2D eigenvalue weighted by Gasteiger charge is 2.13. The Balaban J connectivity index is 2.29. The van der Waals surface area contributed by atoms with Crippen molar-refractivity contribution in [2.75, 3.05) is 0 Å². The first-order valence-corrected chi connectivity index (χ1v) is 6.15. The average Bonchev–Trinajstić information content (AvgIpc) is 2.75. The van der Waals surface area contributed by atoms with Crippen molar-refractivity contribution >= 4 is 17.6 Å². The number of aromatic carboxylic acids is 1. The van der Waals surface area contributed by atoms with Crippen molar-refractivity contribution in [2.24, 2.45) is 0 Å². The van der Waals surface area contributed by atoms with Crippen LogP contribution in [0.2, 0.25) is 5.02 Å². The number of aromatic nitrogens is 1. The number of carboxylic acids is 1. The van der Waals surface area contributed by atoms with Crippen LogP contribution in [-0.4, -0.2) is 15.6 Å². The zero-order valence-corrected chi connectivity index (χ0v) is 10.8. The van der Waals surface area contributed by atoms with Crippen LogP contribution in [-0.2, 0) is 13.0 Å². The molecule has 0 aliphatic rings. The van der Waals surface area contributed by atoms with Gasteiger partial charge in [0.2, 0.25) is 0 Å². The van der Waals surface area contributed by atoms with Gasteiger partial charge < -0.3 is 9.67 Å². The van der Waals surface area contributed by atoms with E-state index in [-0.39, 0.29) is 0 Å². The SMILES string of the molecule is CCc1c(C(=O)O)ccn1Cc1ccc(Cl)cc1. The summed E-state index contributed by atoms with van der Waals surface area (Å²) in [6, 6.07) is 9.22. The second-order valence-corrected chi connectivity index (χ2v) is 4.53. The predicted octanol–water partition coefficient (Wildman–Crippen LogP) is 3.45. The van der Waals surface area contributed by atoms with Crippen LogP contribution < -0.4 is 0 Å². The van der Waals surface area contributed by atoms with Crippen molar-refractivity contribution in [1.29, 1.82) is 0 Å². The first-order valence-electron chi connectivity index (χ1n) is 5.77. The highest BCUT2D eigenvalue weighted by Crippen LogP contribution is 2.16. The molecule has 0 amide bonds. The van der Waals surface area contributed by atoms with Gasteiger partial charge in [0.15, 0.2) is 0 Å². The van der Waals surface area contributed by atoms with Gasteiger partial charge in [0.25, 0.3) is 0 Å². The molecule has 0 saturated heterocycles. The van der Waals surface area contributed by atoms with Gasteiger partial charge >= 0.3 is 5.97 Å². The van der Waals surface area contributed by atoms with Gasteiger partial charge in [-0.3, -0.25) is 0 Å². The fourth-order valence-electron chi connectivity index (χ4n) is 2.03. The van der Waals surface area contributed by atoms with Crippen molar-refractivity contribution in [3.8, 4) is 0 Å². The van der Waals surface area contributed by atoms with Gasteiger partial charge in [-0.05, 0) is 30.2 Å². The van der Waals surface area contributed by atoms with Crippen LogP contribution in [0.3, 0.4) is 0 Å². The van der Waals surface area contributed by atoms with E-state index in [0.29, 0.717) is 23.6 Å². The molecule has 0 spiro atoms. The monoisotopic (exact) mass is 263 g/mol. The second-order valence-electron chi connectivity index (χ2n) is 4.09. The van der Waals surface area contributed by atoms with E-state index in [9.17, 15) is 4.79 Å². The van der Waals surface area contributed by atoms with E-state index in [2.05, 4.69) is 0 Å². The smallest absolute Gasteiger partial charge is 0.337 e. The zero-order chi connectivity index (χ0) is 13.1. The van der Waals surface area contributed by atoms with E-state index >= 15 is 0 Å². The van der Waals surface area contributed by atoms with Gasteiger partial charge in [-0.15, -0.1) is 0 Å². The molecule has 0 atom stereocenters. The molecule has 0 fully saturated rings. The van der Waals surface area contributed by atoms with Crippen LogP contribution >= 0.6 is 11.6 Å². The van der Waals surface area contributed by atoms with E-state index in [1.54, 1.807) is 6.07 Å². The lowest BCUT2D eigenvalue weighted by atomic mass is 10.2. The molecule has 2 aromatic rings. The third-order valence-corrected chi connectivity index (χ3v) is 3.16. The summed E-state index contributed by atoms with van der Waals surface area (Å²) in [6.07, 6.45) is 2.51. The van der Waals surface area contributed by atoms with Crippen molar-refractivity contribution < 1.29 is 9.90 Å². The van der Waals surface area contributed by atoms with Crippen molar-refractivity contribution in [3.63, 3.8) is 0 Å².